The van der Waals surface area contributed by atoms with Crippen molar-refractivity contribution in [2.24, 2.45) is 14.1 Å². The smallest absolute Gasteiger partial charge is 0.357 e. The lowest BCUT2D eigenvalue weighted by atomic mass is 10.1. The minimum atomic E-state index is -1.23. The fourth-order valence-corrected chi connectivity index (χ4v) is 2.21. The molecular weight excluding hydrogens is 274 g/mol. The highest BCUT2D eigenvalue weighted by Crippen LogP contribution is 2.17. The summed E-state index contributed by atoms with van der Waals surface area (Å²) in [7, 11) is 3.37. The predicted molar refractivity (Wildman–Crippen MR) is 74.0 cm³/mol. The Hall–Kier alpha value is -2.64. The van der Waals surface area contributed by atoms with E-state index in [0.717, 1.165) is 11.3 Å². The number of aromatic carboxylic acids is 1. The van der Waals surface area contributed by atoms with Crippen LogP contribution in [-0.2, 0) is 14.1 Å². The van der Waals surface area contributed by atoms with Crippen molar-refractivity contribution in [3.63, 3.8) is 0 Å². The van der Waals surface area contributed by atoms with Crippen LogP contribution in [0.5, 0.6) is 0 Å². The van der Waals surface area contributed by atoms with Gasteiger partial charge in [-0.05, 0) is 13.8 Å². The SMILES string of the molecule is Cc1nn(C)cc1C(C)NC(=O)c1cn(C)nc1C(=O)O. The number of carbonyl (C=O) groups excluding carboxylic acids is 1. The number of hydrogen-bond donors (Lipinski definition) is 2. The second-order valence-corrected chi connectivity index (χ2v) is 4.91. The fraction of sp³-hybridized carbons (Fsp3) is 0.385. The van der Waals surface area contributed by atoms with Gasteiger partial charge in [-0.2, -0.15) is 10.2 Å². The van der Waals surface area contributed by atoms with Gasteiger partial charge in [0.05, 0.1) is 17.3 Å². The first-order valence-electron chi connectivity index (χ1n) is 6.37. The van der Waals surface area contributed by atoms with E-state index < -0.39 is 11.9 Å². The van der Waals surface area contributed by atoms with E-state index in [1.165, 1.54) is 10.9 Å². The van der Waals surface area contributed by atoms with E-state index in [2.05, 4.69) is 15.5 Å². The summed E-state index contributed by atoms with van der Waals surface area (Å²) >= 11 is 0. The van der Waals surface area contributed by atoms with Gasteiger partial charge in [0.2, 0.25) is 0 Å². The molecule has 0 aromatic carbocycles. The number of aryl methyl sites for hydroxylation is 3. The summed E-state index contributed by atoms with van der Waals surface area (Å²) in [6, 6.07) is -0.284. The normalized spacial score (nSPS) is 12.2. The summed E-state index contributed by atoms with van der Waals surface area (Å²) in [6.07, 6.45) is 3.21. The van der Waals surface area contributed by atoms with E-state index in [1.54, 1.807) is 18.8 Å². The molecule has 0 bridgehead atoms. The highest BCUT2D eigenvalue weighted by molar-refractivity contribution is 6.03. The molecule has 1 amide bonds. The van der Waals surface area contributed by atoms with Gasteiger partial charge in [0.25, 0.3) is 5.91 Å². The van der Waals surface area contributed by atoms with Crippen LogP contribution >= 0.6 is 0 Å². The van der Waals surface area contributed by atoms with Crippen molar-refractivity contribution in [1.82, 2.24) is 24.9 Å². The number of hydrogen-bond acceptors (Lipinski definition) is 4. The maximum Gasteiger partial charge on any atom is 0.357 e. The van der Waals surface area contributed by atoms with E-state index in [1.807, 2.05) is 20.0 Å². The first-order valence-corrected chi connectivity index (χ1v) is 6.37. The van der Waals surface area contributed by atoms with Crippen LogP contribution in [0.4, 0.5) is 0 Å². The van der Waals surface area contributed by atoms with Crippen LogP contribution in [0.3, 0.4) is 0 Å². The Labute approximate surface area is 121 Å². The zero-order valence-corrected chi connectivity index (χ0v) is 12.3. The lowest BCUT2D eigenvalue weighted by Gasteiger charge is -2.12. The molecule has 0 saturated heterocycles. The highest BCUT2D eigenvalue weighted by Gasteiger charge is 2.23. The molecule has 0 saturated carbocycles. The summed E-state index contributed by atoms with van der Waals surface area (Å²) in [5.41, 5.74) is 1.48. The summed E-state index contributed by atoms with van der Waals surface area (Å²) < 4.78 is 2.97. The van der Waals surface area contributed by atoms with Crippen molar-refractivity contribution < 1.29 is 14.7 Å². The standard InChI is InChI=1S/C13H17N5O3/c1-7(9-5-17(3)15-8(9)2)14-12(19)10-6-18(4)16-11(10)13(20)21/h5-7H,1-4H3,(H,14,19)(H,20,21). The highest BCUT2D eigenvalue weighted by atomic mass is 16.4. The van der Waals surface area contributed by atoms with E-state index in [4.69, 9.17) is 5.11 Å². The molecule has 0 spiro atoms. The third-order valence-corrected chi connectivity index (χ3v) is 3.14. The molecule has 2 heterocycles. The molecule has 112 valence electrons. The first kappa shape index (κ1) is 14.8. The maximum atomic E-state index is 12.2. The van der Waals surface area contributed by atoms with Crippen molar-refractivity contribution in [2.45, 2.75) is 19.9 Å². The summed E-state index contributed by atoms with van der Waals surface area (Å²) in [6.45, 7) is 3.67. The van der Waals surface area contributed by atoms with Gasteiger partial charge in [-0.1, -0.05) is 0 Å². The Morgan fingerprint density at radius 1 is 1.24 bits per heavy atom. The number of rotatable bonds is 4. The molecule has 8 heteroatoms. The molecule has 0 radical (unpaired) electrons. The van der Waals surface area contributed by atoms with Gasteiger partial charge in [-0.3, -0.25) is 14.2 Å². The second-order valence-electron chi connectivity index (χ2n) is 4.91. The van der Waals surface area contributed by atoms with E-state index in [0.29, 0.717) is 0 Å². The summed E-state index contributed by atoms with van der Waals surface area (Å²) in [5, 5.41) is 19.8. The minimum Gasteiger partial charge on any atom is -0.476 e. The van der Waals surface area contributed by atoms with Crippen LogP contribution in [0.1, 0.15) is 45.1 Å². The zero-order chi connectivity index (χ0) is 15.7. The molecular formula is C13H17N5O3. The Morgan fingerprint density at radius 2 is 1.86 bits per heavy atom. The molecule has 2 rings (SSSR count). The van der Waals surface area contributed by atoms with E-state index >= 15 is 0 Å². The molecule has 8 nitrogen and oxygen atoms in total. The van der Waals surface area contributed by atoms with Crippen molar-refractivity contribution >= 4 is 11.9 Å². The monoisotopic (exact) mass is 291 g/mol. The average molecular weight is 291 g/mol. The average Bonchev–Trinajstić information content (AvgIpc) is 2.92. The number of nitrogens with one attached hydrogen (secondary N) is 1. The predicted octanol–water partition coefficient (Wildman–Crippen LogP) is 0.651. The molecule has 0 aliphatic rings. The third-order valence-electron chi connectivity index (χ3n) is 3.14. The van der Waals surface area contributed by atoms with Gasteiger partial charge in [0, 0.05) is 32.1 Å². The van der Waals surface area contributed by atoms with Gasteiger partial charge < -0.3 is 10.4 Å². The topological polar surface area (TPSA) is 102 Å². The lowest BCUT2D eigenvalue weighted by Crippen LogP contribution is -2.28. The Morgan fingerprint density at radius 3 is 2.38 bits per heavy atom. The van der Waals surface area contributed by atoms with Crippen LogP contribution in [-0.4, -0.2) is 36.5 Å². The van der Waals surface area contributed by atoms with Crippen LogP contribution in [0.2, 0.25) is 0 Å². The van der Waals surface area contributed by atoms with Crippen LogP contribution in [0, 0.1) is 6.92 Å². The van der Waals surface area contributed by atoms with E-state index in [-0.39, 0.29) is 17.3 Å². The number of carbonyl (C=O) groups is 2. The van der Waals surface area contributed by atoms with Crippen molar-refractivity contribution in [3.8, 4) is 0 Å². The number of amides is 1. The molecule has 1 atom stereocenters. The summed E-state index contributed by atoms with van der Waals surface area (Å²) in [5.74, 6) is -1.71. The molecule has 2 aromatic rings. The van der Waals surface area contributed by atoms with Crippen LogP contribution < -0.4 is 5.32 Å². The van der Waals surface area contributed by atoms with Gasteiger partial charge in [0.15, 0.2) is 5.69 Å². The Bertz CT molecular complexity index is 701. The van der Waals surface area contributed by atoms with E-state index in [9.17, 15) is 9.59 Å². The lowest BCUT2D eigenvalue weighted by molar-refractivity contribution is 0.0683. The second kappa shape index (κ2) is 5.39. The number of carboxylic acid groups (broad SMARTS) is 1. The molecule has 0 aliphatic carbocycles. The van der Waals surface area contributed by atoms with Crippen molar-refractivity contribution in [2.75, 3.05) is 0 Å². The van der Waals surface area contributed by atoms with Gasteiger partial charge in [-0.25, -0.2) is 4.79 Å². The number of nitrogens with zero attached hydrogens (tertiary/aromatic N) is 4. The summed E-state index contributed by atoms with van der Waals surface area (Å²) in [4.78, 5) is 23.3. The Kier molecular flexibility index (Phi) is 3.79. The maximum absolute atomic E-state index is 12.2. The molecule has 1 unspecified atom stereocenters. The molecule has 21 heavy (non-hydrogen) atoms. The fourth-order valence-electron chi connectivity index (χ4n) is 2.21. The number of aromatic nitrogens is 4. The number of carboxylic acids is 1. The first-order chi connectivity index (χ1) is 9.79. The van der Waals surface area contributed by atoms with Gasteiger partial charge >= 0.3 is 5.97 Å². The molecule has 2 N–H and O–H groups in total. The molecule has 0 fully saturated rings. The minimum absolute atomic E-state index is 0.0402. The van der Waals surface area contributed by atoms with Crippen LogP contribution in [0.15, 0.2) is 12.4 Å². The largest absolute Gasteiger partial charge is 0.476 e. The van der Waals surface area contributed by atoms with Crippen LogP contribution in [0.25, 0.3) is 0 Å². The van der Waals surface area contributed by atoms with Gasteiger partial charge in [-0.15, -0.1) is 0 Å². The Balaban J connectivity index is 2.22. The third kappa shape index (κ3) is 2.93. The zero-order valence-electron chi connectivity index (χ0n) is 12.3. The van der Waals surface area contributed by atoms with Crippen molar-refractivity contribution in [1.29, 1.82) is 0 Å². The van der Waals surface area contributed by atoms with Crippen molar-refractivity contribution in [3.05, 3.63) is 34.9 Å². The quantitative estimate of drug-likeness (QED) is 0.861. The van der Waals surface area contributed by atoms with Gasteiger partial charge in [0.1, 0.15) is 0 Å². The molecule has 2 aromatic heterocycles. The molecule has 0 aliphatic heterocycles.